The van der Waals surface area contributed by atoms with Gasteiger partial charge in [0.2, 0.25) is 5.01 Å². The van der Waals surface area contributed by atoms with Crippen LogP contribution in [0.3, 0.4) is 0 Å². The number of nitrogens with zero attached hydrogens (tertiary/aromatic N) is 2. The van der Waals surface area contributed by atoms with Crippen LogP contribution >= 0.6 is 12.4 Å². The zero-order valence-corrected chi connectivity index (χ0v) is 23.9. The number of likely N-dealkylation sites (tertiary alicyclic amines) is 1. The topological polar surface area (TPSA) is 130 Å². The molecule has 1 saturated heterocycles. The van der Waals surface area contributed by atoms with Gasteiger partial charge in [0.25, 0.3) is 5.91 Å². The largest absolute Gasteiger partial charge is 0.497 e. The molecule has 1 aliphatic heterocycles. The summed E-state index contributed by atoms with van der Waals surface area (Å²) in [5.74, 6) is 0.335. The third-order valence-corrected chi connectivity index (χ3v) is 9.89. The van der Waals surface area contributed by atoms with Gasteiger partial charge in [-0.15, -0.1) is 12.4 Å². The van der Waals surface area contributed by atoms with E-state index in [0.717, 1.165) is 24.2 Å². The fourth-order valence-corrected chi connectivity index (χ4v) is 6.88. The first-order valence-electron chi connectivity index (χ1n) is 13.0. The Balaban J connectivity index is 0.00000441. The average Bonchev–Trinajstić information content (AvgIpc) is 3.82. The number of hydrogen-bond donors (Lipinski definition) is 3. The number of amides is 1. The molecule has 4 rings (SSSR count). The summed E-state index contributed by atoms with van der Waals surface area (Å²) in [4.78, 5) is 14.9. The summed E-state index contributed by atoms with van der Waals surface area (Å²) in [6.07, 6.45) is 5.63. The molecule has 2 aromatic rings. The molecule has 1 saturated carbocycles. The summed E-state index contributed by atoms with van der Waals surface area (Å²) >= 11 is 0. The normalized spacial score (nSPS) is 17.1. The lowest BCUT2D eigenvalue weighted by Crippen LogP contribution is -2.58. The Morgan fingerprint density at radius 2 is 1.75 bits per heavy atom. The van der Waals surface area contributed by atoms with E-state index in [1.165, 1.54) is 12.1 Å². The van der Waals surface area contributed by atoms with Crippen molar-refractivity contribution in [3.8, 4) is 17.6 Å². The monoisotopic (exact) mass is 592 g/mol. The van der Waals surface area contributed by atoms with E-state index in [1.54, 1.807) is 24.7 Å². The van der Waals surface area contributed by atoms with Crippen LogP contribution in [0.15, 0.2) is 59.5 Å². The number of allylic oxidation sites excluding steroid dienone is 2. The molecule has 2 aromatic carbocycles. The van der Waals surface area contributed by atoms with Gasteiger partial charge in [0.1, 0.15) is 17.1 Å². The second kappa shape index (κ2) is 13.9. The molecule has 0 atom stereocenters. The molecule has 1 amide bonds. The van der Waals surface area contributed by atoms with Crippen molar-refractivity contribution in [1.29, 1.82) is 0 Å². The second-order valence-electron chi connectivity index (χ2n) is 9.73. The molecule has 10 nitrogen and oxygen atoms in total. The number of ether oxygens (including phenoxy) is 2. The molecule has 2 fully saturated rings. The van der Waals surface area contributed by atoms with Crippen molar-refractivity contribution in [2.75, 3.05) is 26.8 Å². The molecule has 40 heavy (non-hydrogen) atoms. The van der Waals surface area contributed by atoms with E-state index in [1.807, 2.05) is 30.3 Å². The van der Waals surface area contributed by atoms with Crippen molar-refractivity contribution in [1.82, 2.24) is 10.4 Å². The number of halogens is 1. The van der Waals surface area contributed by atoms with Crippen molar-refractivity contribution >= 4 is 33.7 Å². The zero-order valence-electron chi connectivity index (χ0n) is 22.3. The van der Waals surface area contributed by atoms with Crippen LogP contribution in [0.1, 0.15) is 44.1 Å². The van der Waals surface area contributed by atoms with E-state index in [9.17, 15) is 18.4 Å². The average molecular weight is 593 g/mol. The van der Waals surface area contributed by atoms with Crippen LogP contribution in [0.25, 0.3) is 10.6 Å². The van der Waals surface area contributed by atoms with Crippen molar-refractivity contribution in [3.63, 3.8) is 0 Å². The van der Waals surface area contributed by atoms with Gasteiger partial charge in [-0.1, -0.05) is 6.08 Å². The smallest absolute Gasteiger partial charge is 0.388 e. The van der Waals surface area contributed by atoms with Crippen LogP contribution in [0.5, 0.6) is 11.5 Å². The third kappa shape index (κ3) is 6.88. The van der Waals surface area contributed by atoms with Gasteiger partial charge in [-0.3, -0.25) is 10.0 Å². The third-order valence-electron chi connectivity index (χ3n) is 7.37. The van der Waals surface area contributed by atoms with Crippen LogP contribution < -0.4 is 15.0 Å². The molecule has 2 aliphatic rings. The van der Waals surface area contributed by atoms with E-state index < -0.39 is 20.5 Å². The van der Waals surface area contributed by atoms with Gasteiger partial charge in [0.15, 0.2) is 14.6 Å². The number of hydroxylamine groups is 1. The number of piperidine rings is 1. The number of nitrogens with one attached hydrogen (secondary N) is 1. The minimum Gasteiger partial charge on any atom is -0.497 e. The predicted octanol–water partition coefficient (Wildman–Crippen LogP) is 4.36. The molecule has 0 radical (unpaired) electrons. The van der Waals surface area contributed by atoms with E-state index >= 15 is 0 Å². The van der Waals surface area contributed by atoms with Gasteiger partial charge >= 0.3 is 6.07 Å². The molecule has 0 aromatic heterocycles. The Labute approximate surface area is 240 Å². The van der Waals surface area contributed by atoms with E-state index in [0.29, 0.717) is 49.9 Å². The molecule has 12 heteroatoms. The van der Waals surface area contributed by atoms with Crippen molar-refractivity contribution < 1.29 is 33.1 Å². The second-order valence-corrected chi connectivity index (χ2v) is 12.0. The Kier molecular flexibility index (Phi) is 10.8. The maximum Gasteiger partial charge on any atom is 0.388 e. The SMILES string of the molecule is COc1ccc(/C(C#[N+]O)=C/CCCOc2ccc(S(=O)(=O)C3(C(=O)NO)CCN(C4CC4)CC3)cc2)cc1.Cl. The Bertz CT molecular complexity index is 1340. The molecule has 1 heterocycles. The summed E-state index contributed by atoms with van der Waals surface area (Å²) in [5, 5.41) is 21.3. The number of carbonyl (C=O) groups excluding carboxylic acids is 1. The summed E-state index contributed by atoms with van der Waals surface area (Å²) in [5.41, 5.74) is 3.07. The van der Waals surface area contributed by atoms with Crippen LogP contribution in [0, 0.1) is 6.07 Å². The number of sulfone groups is 1. The summed E-state index contributed by atoms with van der Waals surface area (Å²) in [6, 6.07) is 16.4. The molecule has 3 N–H and O–H groups in total. The first-order chi connectivity index (χ1) is 18.8. The molecule has 0 bridgehead atoms. The molecule has 0 unspecified atom stereocenters. The minimum absolute atomic E-state index is 0. The van der Waals surface area contributed by atoms with Crippen molar-refractivity contribution in [2.24, 2.45) is 0 Å². The van der Waals surface area contributed by atoms with Crippen LogP contribution in [-0.2, 0) is 14.6 Å². The van der Waals surface area contributed by atoms with Crippen molar-refractivity contribution in [2.45, 2.75) is 54.2 Å². The lowest BCUT2D eigenvalue weighted by atomic mass is 9.94. The minimum atomic E-state index is -4.06. The zero-order chi connectivity index (χ0) is 27.9. The molecule has 1 aliphatic carbocycles. The number of methoxy groups -OCH3 is 1. The molecular weight excluding hydrogens is 558 g/mol. The van der Waals surface area contributed by atoms with Gasteiger partial charge in [-0.05, 0) is 92.6 Å². The van der Waals surface area contributed by atoms with Gasteiger partial charge < -0.3 is 14.4 Å². The van der Waals surface area contributed by atoms with Gasteiger partial charge in [-0.25, -0.2) is 13.9 Å². The van der Waals surface area contributed by atoms with Crippen LogP contribution in [0.2, 0.25) is 0 Å². The van der Waals surface area contributed by atoms with E-state index in [4.69, 9.17) is 14.7 Å². The lowest BCUT2D eigenvalue weighted by Gasteiger charge is -2.39. The molecular formula is C28H35ClN3O7S+. The van der Waals surface area contributed by atoms with E-state index in [-0.39, 0.29) is 30.1 Å². The summed E-state index contributed by atoms with van der Waals surface area (Å²) < 4.78 is 36.4. The maximum absolute atomic E-state index is 13.6. The standard InChI is InChI=1S/C28H33N3O7S.ClH/c1-37-24-9-5-21(6-10-24)22(20-29-33)4-2-3-19-38-25-11-13-26(14-12-25)39(35,36)28(27(32)30-34)15-17-31(18-16-28)23-7-8-23;/h4-6,9-14,23H,2-3,7-8,15-19H2,1H3,(H2-,30,32,33,34);1H/p+1/b22-4+;. The first kappa shape index (κ1) is 31.2. The highest BCUT2D eigenvalue weighted by Gasteiger charge is 2.53. The number of unbranched alkanes of at least 4 members (excludes halogenated alkanes) is 1. The van der Waals surface area contributed by atoms with Crippen LogP contribution in [-0.4, -0.2) is 67.2 Å². The Hall–Kier alpha value is -3.30. The number of hydrogen-bond acceptors (Lipinski definition) is 8. The fraction of sp³-hybridized carbons (Fsp3) is 0.429. The van der Waals surface area contributed by atoms with Gasteiger partial charge in [0.05, 0.1) is 18.6 Å². The van der Waals surface area contributed by atoms with E-state index in [2.05, 4.69) is 16.0 Å². The highest BCUT2D eigenvalue weighted by Crippen LogP contribution is 2.39. The van der Waals surface area contributed by atoms with Crippen LogP contribution in [0.4, 0.5) is 0 Å². The first-order valence-corrected chi connectivity index (χ1v) is 14.4. The Morgan fingerprint density at radius 3 is 2.30 bits per heavy atom. The molecule has 216 valence electrons. The lowest BCUT2D eigenvalue weighted by molar-refractivity contribution is -0.133. The van der Waals surface area contributed by atoms with Gasteiger partial charge in [0, 0.05) is 19.1 Å². The maximum atomic E-state index is 13.6. The summed E-state index contributed by atoms with van der Waals surface area (Å²) in [7, 11) is -2.47. The highest BCUT2D eigenvalue weighted by molar-refractivity contribution is 7.93. The highest BCUT2D eigenvalue weighted by atomic mass is 35.5. The number of carbonyl (C=O) groups is 1. The summed E-state index contributed by atoms with van der Waals surface area (Å²) in [6.45, 7) is 1.37. The number of benzene rings is 2. The van der Waals surface area contributed by atoms with Gasteiger partial charge in [-0.2, -0.15) is 5.21 Å². The molecule has 0 spiro atoms. The Morgan fingerprint density at radius 1 is 1.12 bits per heavy atom. The predicted molar refractivity (Wildman–Crippen MR) is 152 cm³/mol. The quantitative estimate of drug-likeness (QED) is 0.152. The fourth-order valence-electron chi connectivity index (χ4n) is 4.92. The number of rotatable bonds is 11. The van der Waals surface area contributed by atoms with Crippen molar-refractivity contribution in [3.05, 3.63) is 65.2 Å².